The van der Waals surface area contributed by atoms with Crippen LogP contribution in [0.15, 0.2) is 0 Å². The Balaban J connectivity index is 2.14. The van der Waals surface area contributed by atoms with Gasteiger partial charge in [-0.2, -0.15) is 11.8 Å². The molecular formula is C10H22N2S. The summed E-state index contributed by atoms with van der Waals surface area (Å²) in [4.78, 5) is 2.51. The summed E-state index contributed by atoms with van der Waals surface area (Å²) < 4.78 is 0. The maximum atomic E-state index is 6.03. The highest BCUT2D eigenvalue weighted by atomic mass is 32.2. The summed E-state index contributed by atoms with van der Waals surface area (Å²) in [5, 5.41) is 0. The fraction of sp³-hybridized carbons (Fsp3) is 1.00. The molecule has 0 amide bonds. The Morgan fingerprint density at radius 3 is 2.92 bits per heavy atom. The molecule has 2 atom stereocenters. The van der Waals surface area contributed by atoms with E-state index in [9.17, 15) is 0 Å². The number of piperidine rings is 1. The van der Waals surface area contributed by atoms with Crippen molar-refractivity contribution in [2.45, 2.75) is 25.8 Å². The molecule has 1 rings (SSSR count). The normalized spacial score (nSPS) is 30.7. The first-order valence-electron chi connectivity index (χ1n) is 5.21. The van der Waals surface area contributed by atoms with Crippen LogP contribution in [0.4, 0.5) is 0 Å². The van der Waals surface area contributed by atoms with Gasteiger partial charge in [-0.05, 0) is 43.9 Å². The standard InChI is InChI=1S/C10H22N2S/c1-9-4-6-12(8-10(9)11)5-3-7-13-2/h9-10H,3-8,11H2,1-2H3. The monoisotopic (exact) mass is 202 g/mol. The molecule has 0 saturated carbocycles. The predicted octanol–water partition coefficient (Wildman–Crippen LogP) is 1.41. The maximum absolute atomic E-state index is 6.03. The van der Waals surface area contributed by atoms with Crippen molar-refractivity contribution < 1.29 is 0 Å². The maximum Gasteiger partial charge on any atom is 0.0194 e. The van der Waals surface area contributed by atoms with E-state index in [1.807, 2.05) is 11.8 Å². The van der Waals surface area contributed by atoms with Gasteiger partial charge in [0, 0.05) is 12.6 Å². The highest BCUT2D eigenvalue weighted by molar-refractivity contribution is 7.98. The van der Waals surface area contributed by atoms with Crippen molar-refractivity contribution in [3.05, 3.63) is 0 Å². The third-order valence-electron chi connectivity index (χ3n) is 2.92. The third-order valence-corrected chi connectivity index (χ3v) is 3.62. The minimum absolute atomic E-state index is 0.406. The number of likely N-dealkylation sites (tertiary alicyclic amines) is 1. The third kappa shape index (κ3) is 3.88. The molecule has 0 spiro atoms. The van der Waals surface area contributed by atoms with Gasteiger partial charge in [0.1, 0.15) is 0 Å². The minimum atomic E-state index is 0.406. The molecule has 0 radical (unpaired) electrons. The van der Waals surface area contributed by atoms with Crippen LogP contribution in [-0.2, 0) is 0 Å². The van der Waals surface area contributed by atoms with Crippen LogP contribution in [0.3, 0.4) is 0 Å². The summed E-state index contributed by atoms with van der Waals surface area (Å²) in [5.41, 5.74) is 6.03. The van der Waals surface area contributed by atoms with Crippen LogP contribution in [0.5, 0.6) is 0 Å². The zero-order valence-electron chi connectivity index (χ0n) is 8.83. The van der Waals surface area contributed by atoms with E-state index in [0.717, 1.165) is 12.5 Å². The molecule has 1 aliphatic heterocycles. The van der Waals surface area contributed by atoms with E-state index in [0.29, 0.717) is 6.04 Å². The molecule has 13 heavy (non-hydrogen) atoms. The van der Waals surface area contributed by atoms with Crippen molar-refractivity contribution in [2.24, 2.45) is 11.7 Å². The van der Waals surface area contributed by atoms with Gasteiger partial charge in [0.25, 0.3) is 0 Å². The largest absolute Gasteiger partial charge is 0.326 e. The second-order valence-corrected chi connectivity index (χ2v) is 5.06. The summed E-state index contributed by atoms with van der Waals surface area (Å²) in [6.45, 7) is 5.87. The Morgan fingerprint density at radius 2 is 2.31 bits per heavy atom. The number of rotatable bonds is 4. The lowest BCUT2D eigenvalue weighted by Gasteiger charge is -2.34. The quantitative estimate of drug-likeness (QED) is 0.699. The van der Waals surface area contributed by atoms with Crippen molar-refractivity contribution in [1.82, 2.24) is 4.90 Å². The molecule has 0 aliphatic carbocycles. The number of hydrogen-bond donors (Lipinski definition) is 1. The lowest BCUT2D eigenvalue weighted by atomic mass is 9.94. The van der Waals surface area contributed by atoms with Crippen LogP contribution in [0.2, 0.25) is 0 Å². The number of hydrogen-bond acceptors (Lipinski definition) is 3. The topological polar surface area (TPSA) is 29.3 Å². The zero-order valence-corrected chi connectivity index (χ0v) is 9.65. The smallest absolute Gasteiger partial charge is 0.0194 e. The number of nitrogens with two attached hydrogens (primary N) is 1. The van der Waals surface area contributed by atoms with Crippen molar-refractivity contribution in [3.63, 3.8) is 0 Å². The van der Waals surface area contributed by atoms with Crippen molar-refractivity contribution in [2.75, 3.05) is 31.6 Å². The summed E-state index contributed by atoms with van der Waals surface area (Å²) in [6, 6.07) is 0.406. The van der Waals surface area contributed by atoms with E-state index < -0.39 is 0 Å². The summed E-state index contributed by atoms with van der Waals surface area (Å²) in [7, 11) is 0. The van der Waals surface area contributed by atoms with E-state index in [1.54, 1.807) is 0 Å². The predicted molar refractivity (Wildman–Crippen MR) is 61.2 cm³/mol. The lowest BCUT2D eigenvalue weighted by molar-refractivity contribution is 0.170. The Kier molecular flexibility index (Phi) is 5.14. The molecular weight excluding hydrogens is 180 g/mol. The Morgan fingerprint density at radius 1 is 1.54 bits per heavy atom. The van der Waals surface area contributed by atoms with Gasteiger partial charge in [0.15, 0.2) is 0 Å². The fourth-order valence-electron chi connectivity index (χ4n) is 1.81. The van der Waals surface area contributed by atoms with Gasteiger partial charge in [0.2, 0.25) is 0 Å². The highest BCUT2D eigenvalue weighted by Crippen LogP contribution is 2.15. The molecule has 0 aromatic carbocycles. The molecule has 0 aromatic rings. The highest BCUT2D eigenvalue weighted by Gasteiger charge is 2.22. The first-order chi connectivity index (χ1) is 6.24. The molecule has 1 fully saturated rings. The van der Waals surface area contributed by atoms with E-state index in [-0.39, 0.29) is 0 Å². The second kappa shape index (κ2) is 5.89. The molecule has 0 bridgehead atoms. The SMILES string of the molecule is CSCCCN1CCC(C)C(N)C1. The zero-order chi connectivity index (χ0) is 9.68. The Labute approximate surface area is 86.2 Å². The number of thioether (sulfide) groups is 1. The summed E-state index contributed by atoms with van der Waals surface area (Å²) in [5.74, 6) is 2.00. The Bertz CT molecular complexity index is 141. The van der Waals surface area contributed by atoms with Crippen LogP contribution < -0.4 is 5.73 Å². The lowest BCUT2D eigenvalue weighted by Crippen LogP contribution is -2.47. The van der Waals surface area contributed by atoms with Gasteiger partial charge >= 0.3 is 0 Å². The molecule has 1 aliphatic rings. The summed E-state index contributed by atoms with van der Waals surface area (Å²) in [6.07, 6.45) is 4.76. The first-order valence-corrected chi connectivity index (χ1v) is 6.60. The van der Waals surface area contributed by atoms with E-state index >= 15 is 0 Å². The average molecular weight is 202 g/mol. The van der Waals surface area contributed by atoms with Gasteiger partial charge in [-0.3, -0.25) is 0 Å². The van der Waals surface area contributed by atoms with Gasteiger partial charge in [-0.1, -0.05) is 6.92 Å². The first kappa shape index (κ1) is 11.3. The van der Waals surface area contributed by atoms with Crippen molar-refractivity contribution in [3.8, 4) is 0 Å². The average Bonchev–Trinajstić information content (AvgIpc) is 2.12. The molecule has 1 heterocycles. The molecule has 2 N–H and O–H groups in total. The van der Waals surface area contributed by atoms with Crippen molar-refractivity contribution >= 4 is 11.8 Å². The second-order valence-electron chi connectivity index (χ2n) is 4.08. The van der Waals surface area contributed by atoms with E-state index in [4.69, 9.17) is 5.73 Å². The number of nitrogens with zero attached hydrogens (tertiary/aromatic N) is 1. The molecule has 3 heteroatoms. The van der Waals surface area contributed by atoms with Crippen LogP contribution in [-0.4, -0.2) is 42.6 Å². The van der Waals surface area contributed by atoms with Gasteiger partial charge in [-0.15, -0.1) is 0 Å². The molecule has 2 nitrogen and oxygen atoms in total. The Hall–Kier alpha value is 0.270. The van der Waals surface area contributed by atoms with E-state index in [1.165, 1.54) is 31.7 Å². The molecule has 2 unspecified atom stereocenters. The van der Waals surface area contributed by atoms with Gasteiger partial charge in [-0.25, -0.2) is 0 Å². The van der Waals surface area contributed by atoms with Gasteiger partial charge < -0.3 is 10.6 Å². The molecule has 78 valence electrons. The fourth-order valence-corrected chi connectivity index (χ4v) is 2.22. The van der Waals surface area contributed by atoms with Crippen molar-refractivity contribution in [1.29, 1.82) is 0 Å². The van der Waals surface area contributed by atoms with E-state index in [2.05, 4.69) is 18.1 Å². The molecule has 0 aromatic heterocycles. The van der Waals surface area contributed by atoms with Crippen LogP contribution in [0.25, 0.3) is 0 Å². The minimum Gasteiger partial charge on any atom is -0.326 e. The van der Waals surface area contributed by atoms with Crippen LogP contribution in [0, 0.1) is 5.92 Å². The summed E-state index contributed by atoms with van der Waals surface area (Å²) >= 11 is 1.93. The van der Waals surface area contributed by atoms with Crippen LogP contribution in [0.1, 0.15) is 19.8 Å². The van der Waals surface area contributed by atoms with Crippen LogP contribution >= 0.6 is 11.8 Å². The van der Waals surface area contributed by atoms with Gasteiger partial charge in [0.05, 0.1) is 0 Å². The molecule has 1 saturated heterocycles.